The van der Waals surface area contributed by atoms with Crippen LogP contribution in [0.3, 0.4) is 0 Å². The van der Waals surface area contributed by atoms with Gasteiger partial charge in [0.05, 0.1) is 22.0 Å². The molecule has 0 radical (unpaired) electrons. The van der Waals surface area contributed by atoms with Crippen LogP contribution < -0.4 is 4.90 Å². The van der Waals surface area contributed by atoms with Crippen LogP contribution in [0.4, 0.5) is 5.82 Å². The lowest BCUT2D eigenvalue weighted by molar-refractivity contribution is 0.679. The Labute approximate surface area is 116 Å². The van der Waals surface area contributed by atoms with Gasteiger partial charge in [-0.15, -0.1) is 0 Å². The van der Waals surface area contributed by atoms with Crippen LogP contribution in [-0.2, 0) is 0 Å². The number of anilines is 1. The maximum atomic E-state index is 8.82. The zero-order valence-corrected chi connectivity index (χ0v) is 11.8. The fourth-order valence-electron chi connectivity index (χ4n) is 1.39. The lowest BCUT2D eigenvalue weighted by atomic mass is 10.2. The van der Waals surface area contributed by atoms with Crippen molar-refractivity contribution in [2.24, 2.45) is 5.92 Å². The molecule has 0 amide bonds. The van der Waals surface area contributed by atoms with E-state index in [2.05, 4.69) is 11.1 Å². The molecule has 1 unspecified atom stereocenters. The average molecular weight is 293 g/mol. The number of nitrogens with zero attached hydrogens (tertiary/aromatic N) is 3. The largest absolute Gasteiger partial charge is 0.354 e. The Morgan fingerprint density at radius 3 is 2.59 bits per heavy atom. The number of nitriles is 1. The summed E-state index contributed by atoms with van der Waals surface area (Å²) >= 11 is 17.8. The second-order valence-electron chi connectivity index (χ2n) is 3.64. The molecule has 0 N–H and O–H groups in total. The molecule has 0 bridgehead atoms. The molecule has 0 spiro atoms. The summed E-state index contributed by atoms with van der Waals surface area (Å²) in [6, 6.07) is 3.74. The van der Waals surface area contributed by atoms with Crippen LogP contribution in [0.1, 0.15) is 13.8 Å². The summed E-state index contributed by atoms with van der Waals surface area (Å²) in [7, 11) is 0. The van der Waals surface area contributed by atoms with Gasteiger partial charge in [-0.25, -0.2) is 4.98 Å². The molecule has 0 saturated heterocycles. The Kier molecular flexibility index (Phi) is 5.32. The van der Waals surface area contributed by atoms with Crippen molar-refractivity contribution >= 4 is 40.6 Å². The predicted octanol–water partition coefficient (Wildman–Crippen LogP) is 4.03. The second-order valence-corrected chi connectivity index (χ2v) is 4.81. The molecular weight excluding hydrogens is 281 g/mol. The van der Waals surface area contributed by atoms with Crippen molar-refractivity contribution in [2.45, 2.75) is 13.8 Å². The summed E-state index contributed by atoms with van der Waals surface area (Å²) in [5, 5.41) is 9.79. The molecule has 92 valence electrons. The minimum Gasteiger partial charge on any atom is -0.354 e. The average Bonchev–Trinajstić information content (AvgIpc) is 2.30. The van der Waals surface area contributed by atoms with Crippen LogP contribution in [0.2, 0.25) is 15.2 Å². The Morgan fingerprint density at radius 2 is 2.06 bits per heavy atom. The predicted molar refractivity (Wildman–Crippen MR) is 71.9 cm³/mol. The van der Waals surface area contributed by atoms with Crippen molar-refractivity contribution in [1.82, 2.24) is 4.98 Å². The molecule has 1 aromatic heterocycles. The minimum atomic E-state index is -0.109. The van der Waals surface area contributed by atoms with Crippen LogP contribution in [0.15, 0.2) is 6.07 Å². The maximum absolute atomic E-state index is 8.82. The van der Waals surface area contributed by atoms with E-state index in [1.54, 1.807) is 6.07 Å². The van der Waals surface area contributed by atoms with Gasteiger partial charge in [0, 0.05) is 13.1 Å². The Balaban J connectivity index is 3.04. The highest BCUT2D eigenvalue weighted by Crippen LogP contribution is 2.31. The number of rotatable bonds is 4. The van der Waals surface area contributed by atoms with E-state index < -0.39 is 0 Å². The van der Waals surface area contributed by atoms with Crippen molar-refractivity contribution in [3.05, 3.63) is 21.3 Å². The van der Waals surface area contributed by atoms with Crippen molar-refractivity contribution in [1.29, 1.82) is 5.26 Å². The molecule has 17 heavy (non-hydrogen) atoms. The van der Waals surface area contributed by atoms with Gasteiger partial charge in [0.25, 0.3) is 0 Å². The first kappa shape index (κ1) is 14.4. The molecule has 3 nitrogen and oxygen atoms in total. The van der Waals surface area contributed by atoms with E-state index in [1.807, 2.05) is 18.7 Å². The van der Waals surface area contributed by atoms with Crippen LogP contribution in [0, 0.1) is 17.2 Å². The fourth-order valence-corrected chi connectivity index (χ4v) is 2.01. The summed E-state index contributed by atoms with van der Waals surface area (Å²) in [6.45, 7) is 5.05. The van der Waals surface area contributed by atoms with Crippen LogP contribution >= 0.6 is 34.8 Å². The van der Waals surface area contributed by atoms with E-state index in [0.717, 1.165) is 0 Å². The highest BCUT2D eigenvalue weighted by atomic mass is 35.5. The molecule has 0 aliphatic heterocycles. The Hall–Kier alpha value is -0.690. The summed E-state index contributed by atoms with van der Waals surface area (Å²) < 4.78 is 0. The molecule has 0 saturated carbocycles. The molecular formula is C11H12Cl3N3. The van der Waals surface area contributed by atoms with E-state index in [1.165, 1.54) is 0 Å². The number of aromatic nitrogens is 1. The lowest BCUT2D eigenvalue weighted by Crippen LogP contribution is -2.28. The van der Waals surface area contributed by atoms with Gasteiger partial charge in [-0.3, -0.25) is 0 Å². The third-order valence-electron chi connectivity index (χ3n) is 2.26. The van der Waals surface area contributed by atoms with Gasteiger partial charge in [0.1, 0.15) is 11.0 Å². The van der Waals surface area contributed by atoms with Crippen LogP contribution in [0.25, 0.3) is 0 Å². The lowest BCUT2D eigenvalue weighted by Gasteiger charge is -2.24. The summed E-state index contributed by atoms with van der Waals surface area (Å²) in [4.78, 5) is 6.05. The standard InChI is InChI=1S/C11H12Cl3N3/c1-3-17(6-7(2)5-15)11-9(13)4-8(12)10(14)16-11/h4,7H,3,6H2,1-2H3. The third-order valence-corrected chi connectivity index (χ3v) is 3.22. The smallest absolute Gasteiger partial charge is 0.150 e. The van der Waals surface area contributed by atoms with Crippen LogP contribution in [-0.4, -0.2) is 18.1 Å². The van der Waals surface area contributed by atoms with Crippen molar-refractivity contribution in [2.75, 3.05) is 18.0 Å². The number of hydrogen-bond donors (Lipinski definition) is 0. The molecule has 0 aliphatic carbocycles. The SMILES string of the molecule is CCN(CC(C)C#N)c1nc(Cl)c(Cl)cc1Cl. The topological polar surface area (TPSA) is 39.9 Å². The molecule has 1 aromatic rings. The van der Waals surface area contributed by atoms with E-state index in [-0.39, 0.29) is 11.1 Å². The van der Waals surface area contributed by atoms with Crippen LogP contribution in [0.5, 0.6) is 0 Å². The van der Waals surface area contributed by atoms with E-state index >= 15 is 0 Å². The van der Waals surface area contributed by atoms with Crippen molar-refractivity contribution in [3.63, 3.8) is 0 Å². The second kappa shape index (κ2) is 6.30. The van der Waals surface area contributed by atoms with E-state index in [9.17, 15) is 0 Å². The Bertz CT molecular complexity index is 442. The molecule has 1 rings (SSSR count). The molecule has 0 fully saturated rings. The minimum absolute atomic E-state index is 0.109. The van der Waals surface area contributed by atoms with Gasteiger partial charge in [0.15, 0.2) is 0 Å². The first-order chi connectivity index (χ1) is 7.99. The summed E-state index contributed by atoms with van der Waals surface area (Å²) in [5.74, 6) is 0.452. The van der Waals surface area contributed by atoms with Gasteiger partial charge in [-0.1, -0.05) is 34.8 Å². The molecule has 1 atom stereocenters. The normalized spacial score (nSPS) is 12.0. The first-order valence-corrected chi connectivity index (χ1v) is 6.29. The Morgan fingerprint density at radius 1 is 1.41 bits per heavy atom. The van der Waals surface area contributed by atoms with E-state index in [4.69, 9.17) is 40.1 Å². The number of pyridine rings is 1. The maximum Gasteiger partial charge on any atom is 0.150 e. The van der Waals surface area contributed by atoms with E-state index in [0.29, 0.717) is 29.0 Å². The zero-order chi connectivity index (χ0) is 13.0. The van der Waals surface area contributed by atoms with Gasteiger partial charge < -0.3 is 4.90 Å². The summed E-state index contributed by atoms with van der Waals surface area (Å²) in [6.07, 6.45) is 0. The first-order valence-electron chi connectivity index (χ1n) is 5.15. The van der Waals surface area contributed by atoms with Crippen molar-refractivity contribution < 1.29 is 0 Å². The number of hydrogen-bond acceptors (Lipinski definition) is 3. The number of halogens is 3. The fraction of sp³-hybridized carbons (Fsp3) is 0.455. The monoisotopic (exact) mass is 291 g/mol. The highest BCUT2D eigenvalue weighted by molar-refractivity contribution is 6.42. The molecule has 0 aromatic carbocycles. The quantitative estimate of drug-likeness (QED) is 0.787. The van der Waals surface area contributed by atoms with Gasteiger partial charge >= 0.3 is 0 Å². The van der Waals surface area contributed by atoms with Gasteiger partial charge in [-0.05, 0) is 19.9 Å². The van der Waals surface area contributed by atoms with Gasteiger partial charge in [-0.2, -0.15) is 5.26 Å². The zero-order valence-electron chi connectivity index (χ0n) is 9.54. The summed E-state index contributed by atoms with van der Waals surface area (Å²) in [5.41, 5.74) is 0. The third kappa shape index (κ3) is 3.64. The van der Waals surface area contributed by atoms with Crippen molar-refractivity contribution in [3.8, 4) is 6.07 Å². The molecule has 6 heteroatoms. The highest BCUT2D eigenvalue weighted by Gasteiger charge is 2.15. The molecule has 1 heterocycles. The molecule has 0 aliphatic rings. The van der Waals surface area contributed by atoms with Gasteiger partial charge in [0.2, 0.25) is 0 Å².